The van der Waals surface area contributed by atoms with Crippen molar-refractivity contribution in [3.8, 4) is 11.5 Å². The molecule has 0 fully saturated rings. The Bertz CT molecular complexity index is 499. The molecule has 0 saturated heterocycles. The predicted molar refractivity (Wildman–Crippen MR) is 67.8 cm³/mol. The maximum atomic E-state index is 11.2. The second-order valence-corrected chi connectivity index (χ2v) is 3.54. The minimum Gasteiger partial charge on any atom is -0.504 e. The first kappa shape index (κ1) is 14.5. The number of rotatable bonds is 6. The van der Waals surface area contributed by atoms with E-state index in [2.05, 4.69) is 10.3 Å². The Balaban J connectivity index is 2.58. The molecule has 0 heterocycles. The summed E-state index contributed by atoms with van der Waals surface area (Å²) in [6.45, 7) is -0.664. The fraction of sp³-hybridized carbons (Fsp3) is 0.250. The van der Waals surface area contributed by atoms with Gasteiger partial charge in [0, 0.05) is 11.8 Å². The molecule has 19 heavy (non-hydrogen) atoms. The van der Waals surface area contributed by atoms with Gasteiger partial charge in [-0.3, -0.25) is 14.6 Å². The van der Waals surface area contributed by atoms with Gasteiger partial charge < -0.3 is 20.3 Å². The second-order valence-electron chi connectivity index (χ2n) is 3.54. The maximum Gasteiger partial charge on any atom is 0.322 e. The molecule has 3 N–H and O–H groups in total. The number of nitrogens with one attached hydrogen (secondary N) is 1. The summed E-state index contributed by atoms with van der Waals surface area (Å²) in [6, 6.07) is 4.87. The summed E-state index contributed by atoms with van der Waals surface area (Å²) in [7, 11) is 1.43. The van der Waals surface area contributed by atoms with Crippen molar-refractivity contribution in [1.29, 1.82) is 0 Å². The first-order valence-electron chi connectivity index (χ1n) is 5.39. The molecule has 7 nitrogen and oxygen atoms in total. The zero-order chi connectivity index (χ0) is 14.3. The summed E-state index contributed by atoms with van der Waals surface area (Å²) in [6.07, 6.45) is 1.32. The summed E-state index contributed by atoms with van der Waals surface area (Å²) in [5, 5.41) is 20.3. The van der Waals surface area contributed by atoms with Crippen LogP contribution in [-0.4, -0.2) is 48.5 Å². The van der Waals surface area contributed by atoms with Crippen LogP contribution >= 0.6 is 0 Å². The van der Waals surface area contributed by atoms with E-state index in [1.165, 1.54) is 13.3 Å². The number of methoxy groups -OCH3 is 1. The lowest BCUT2D eigenvalue weighted by Crippen LogP contribution is -2.30. The molecule has 0 aliphatic heterocycles. The highest BCUT2D eigenvalue weighted by Gasteiger charge is 2.05. The number of aromatic hydroxyl groups is 1. The number of amides is 1. The number of carboxylic acids is 1. The van der Waals surface area contributed by atoms with Gasteiger partial charge in [-0.25, -0.2) is 0 Å². The lowest BCUT2D eigenvalue weighted by atomic mass is 10.2. The van der Waals surface area contributed by atoms with Gasteiger partial charge in [-0.2, -0.15) is 0 Å². The molecule has 0 radical (unpaired) electrons. The number of benzene rings is 1. The highest BCUT2D eigenvalue weighted by molar-refractivity contribution is 5.88. The average molecular weight is 266 g/mol. The Hall–Kier alpha value is -2.57. The Morgan fingerprint density at radius 2 is 2.21 bits per heavy atom. The number of phenols is 1. The molecule has 7 heteroatoms. The van der Waals surface area contributed by atoms with Crippen LogP contribution in [0.4, 0.5) is 0 Å². The van der Waals surface area contributed by atoms with Crippen LogP contribution in [0, 0.1) is 0 Å². The quantitative estimate of drug-likeness (QED) is 0.629. The van der Waals surface area contributed by atoms with Gasteiger partial charge in [-0.1, -0.05) is 6.07 Å². The van der Waals surface area contributed by atoms with Crippen molar-refractivity contribution in [2.75, 3.05) is 20.2 Å². The SMILES string of the molecule is COc1cccc(C=NCC(=O)NCC(=O)O)c1O. The number of carbonyl (C=O) groups excluding carboxylic acids is 1. The summed E-state index contributed by atoms with van der Waals surface area (Å²) in [4.78, 5) is 25.2. The van der Waals surface area contributed by atoms with Gasteiger partial charge in [0.05, 0.1) is 7.11 Å². The van der Waals surface area contributed by atoms with E-state index in [-0.39, 0.29) is 12.3 Å². The van der Waals surface area contributed by atoms with Gasteiger partial charge in [-0.15, -0.1) is 0 Å². The number of carbonyl (C=O) groups is 2. The Morgan fingerprint density at radius 1 is 1.47 bits per heavy atom. The normalized spacial score (nSPS) is 10.4. The number of hydrogen-bond donors (Lipinski definition) is 3. The number of nitrogens with zero attached hydrogens (tertiary/aromatic N) is 1. The number of aliphatic imine (C=N–C) groups is 1. The summed E-state index contributed by atoms with van der Waals surface area (Å²) in [5.74, 6) is -1.40. The lowest BCUT2D eigenvalue weighted by Gasteiger charge is -2.04. The first-order chi connectivity index (χ1) is 9.04. The highest BCUT2D eigenvalue weighted by Crippen LogP contribution is 2.27. The zero-order valence-corrected chi connectivity index (χ0v) is 10.3. The summed E-state index contributed by atoms with van der Waals surface area (Å²) in [5.41, 5.74) is 0.408. The Morgan fingerprint density at radius 3 is 2.84 bits per heavy atom. The summed E-state index contributed by atoms with van der Waals surface area (Å²) < 4.78 is 4.92. The van der Waals surface area contributed by atoms with Crippen molar-refractivity contribution < 1.29 is 24.5 Å². The van der Waals surface area contributed by atoms with Crippen molar-refractivity contribution in [2.45, 2.75) is 0 Å². The van der Waals surface area contributed by atoms with Gasteiger partial charge in [0.25, 0.3) is 0 Å². The standard InChI is InChI=1S/C12H14N2O5/c1-19-9-4-2-3-8(12(9)18)5-13-6-10(15)14-7-11(16)17/h2-5,18H,6-7H2,1H3,(H,14,15)(H,16,17). The maximum absolute atomic E-state index is 11.2. The second kappa shape index (κ2) is 7.00. The van der Waals surface area contributed by atoms with Crippen LogP contribution in [0.1, 0.15) is 5.56 Å². The Kier molecular flexibility index (Phi) is 5.34. The number of aliphatic carboxylic acids is 1. The van der Waals surface area contributed by atoms with E-state index in [9.17, 15) is 14.7 Å². The van der Waals surface area contributed by atoms with Crippen molar-refractivity contribution in [3.05, 3.63) is 23.8 Å². The molecule has 0 atom stereocenters. The molecule has 0 aliphatic rings. The minimum atomic E-state index is -1.12. The van der Waals surface area contributed by atoms with E-state index >= 15 is 0 Å². The lowest BCUT2D eigenvalue weighted by molar-refractivity contribution is -0.137. The fourth-order valence-electron chi connectivity index (χ4n) is 1.27. The van der Waals surface area contributed by atoms with Crippen LogP contribution in [0.5, 0.6) is 11.5 Å². The molecule has 1 aromatic carbocycles. The largest absolute Gasteiger partial charge is 0.504 e. The van der Waals surface area contributed by atoms with E-state index < -0.39 is 18.4 Å². The van der Waals surface area contributed by atoms with Crippen LogP contribution in [0.2, 0.25) is 0 Å². The molecule has 0 spiro atoms. The van der Waals surface area contributed by atoms with Gasteiger partial charge in [0.2, 0.25) is 5.91 Å². The molecule has 0 aliphatic carbocycles. The van der Waals surface area contributed by atoms with Gasteiger partial charge in [0.1, 0.15) is 13.1 Å². The van der Waals surface area contributed by atoms with E-state index in [4.69, 9.17) is 9.84 Å². The first-order valence-corrected chi connectivity index (χ1v) is 5.39. The predicted octanol–water partition coefficient (Wildman–Crippen LogP) is 0.0205. The molecule has 0 aromatic heterocycles. The molecule has 0 unspecified atom stereocenters. The summed E-state index contributed by atoms with van der Waals surface area (Å²) >= 11 is 0. The van der Waals surface area contributed by atoms with Crippen molar-refractivity contribution in [3.63, 3.8) is 0 Å². The molecular weight excluding hydrogens is 252 g/mol. The van der Waals surface area contributed by atoms with Crippen LogP contribution in [0.15, 0.2) is 23.2 Å². The molecule has 1 aromatic rings. The number of carboxylic acid groups (broad SMARTS) is 1. The van der Waals surface area contributed by atoms with Gasteiger partial charge >= 0.3 is 5.97 Å². The van der Waals surface area contributed by atoms with Crippen molar-refractivity contribution in [1.82, 2.24) is 5.32 Å². The molecule has 0 saturated carbocycles. The van der Waals surface area contributed by atoms with Crippen molar-refractivity contribution >= 4 is 18.1 Å². The molecule has 1 amide bonds. The van der Waals surface area contributed by atoms with Crippen LogP contribution in [0.3, 0.4) is 0 Å². The van der Waals surface area contributed by atoms with Crippen molar-refractivity contribution in [2.24, 2.45) is 4.99 Å². The van der Waals surface area contributed by atoms with E-state index in [0.29, 0.717) is 11.3 Å². The highest BCUT2D eigenvalue weighted by atomic mass is 16.5. The van der Waals surface area contributed by atoms with Crippen LogP contribution in [-0.2, 0) is 9.59 Å². The van der Waals surface area contributed by atoms with Crippen LogP contribution in [0.25, 0.3) is 0 Å². The van der Waals surface area contributed by atoms with E-state index in [1.807, 2.05) is 0 Å². The van der Waals surface area contributed by atoms with Crippen LogP contribution < -0.4 is 10.1 Å². The third-order valence-corrected chi connectivity index (χ3v) is 2.15. The fourth-order valence-corrected chi connectivity index (χ4v) is 1.27. The van der Waals surface area contributed by atoms with E-state index in [1.54, 1.807) is 18.2 Å². The average Bonchev–Trinajstić information content (AvgIpc) is 2.38. The zero-order valence-electron chi connectivity index (χ0n) is 10.3. The number of phenolic OH excluding ortho intramolecular Hbond substituents is 1. The molecule has 102 valence electrons. The Labute approximate surface area is 109 Å². The number of hydrogen-bond acceptors (Lipinski definition) is 5. The van der Waals surface area contributed by atoms with E-state index in [0.717, 1.165) is 0 Å². The minimum absolute atomic E-state index is 0.0697. The topological polar surface area (TPSA) is 108 Å². The smallest absolute Gasteiger partial charge is 0.322 e. The third-order valence-electron chi connectivity index (χ3n) is 2.15. The monoisotopic (exact) mass is 266 g/mol. The third kappa shape index (κ3) is 4.66. The molecule has 1 rings (SSSR count). The van der Waals surface area contributed by atoms with Gasteiger partial charge in [0.15, 0.2) is 11.5 Å². The molecular formula is C12H14N2O5. The number of ether oxygens (including phenoxy) is 1. The van der Waals surface area contributed by atoms with Gasteiger partial charge in [-0.05, 0) is 12.1 Å². The number of para-hydroxylation sites is 1. The molecule has 0 bridgehead atoms.